The Balaban J connectivity index is 0.000000352. The van der Waals surface area contributed by atoms with Crippen LogP contribution in [0.4, 0.5) is 0 Å². The zero-order valence-electron chi connectivity index (χ0n) is 10.1. The SMILES string of the molecule is O=C(O)Cc1ccc(Br)cc1.[Li+].[c-]1ccccc1. The first-order valence-electron chi connectivity index (χ1n) is 5.06. The van der Waals surface area contributed by atoms with E-state index in [0.717, 1.165) is 10.0 Å². The third-order valence-electron chi connectivity index (χ3n) is 1.88. The summed E-state index contributed by atoms with van der Waals surface area (Å²) < 4.78 is 0.964. The molecule has 2 aromatic carbocycles. The van der Waals surface area contributed by atoms with Gasteiger partial charge in [-0.3, -0.25) is 4.79 Å². The molecule has 0 radical (unpaired) electrons. The van der Waals surface area contributed by atoms with Gasteiger partial charge >= 0.3 is 24.8 Å². The molecule has 0 heterocycles. The molecule has 4 heteroatoms. The van der Waals surface area contributed by atoms with Gasteiger partial charge in [-0.1, -0.05) is 28.1 Å². The Bertz CT molecular complexity index is 416. The molecule has 2 aromatic rings. The van der Waals surface area contributed by atoms with Crippen molar-refractivity contribution in [2.24, 2.45) is 0 Å². The van der Waals surface area contributed by atoms with E-state index in [4.69, 9.17) is 5.11 Å². The topological polar surface area (TPSA) is 37.3 Å². The molecule has 0 aliphatic rings. The van der Waals surface area contributed by atoms with E-state index >= 15 is 0 Å². The zero-order chi connectivity index (χ0) is 12.5. The maximum Gasteiger partial charge on any atom is 1.00 e. The number of aliphatic carboxylic acids is 1. The molecule has 0 atom stereocenters. The van der Waals surface area contributed by atoms with E-state index in [0.29, 0.717) is 0 Å². The summed E-state index contributed by atoms with van der Waals surface area (Å²) in [5.74, 6) is -0.799. The molecule has 0 saturated carbocycles. The van der Waals surface area contributed by atoms with Gasteiger partial charge in [-0.2, -0.15) is 36.4 Å². The maximum atomic E-state index is 10.2. The summed E-state index contributed by atoms with van der Waals surface area (Å²) in [6, 6.07) is 19.7. The number of carboxylic acid groups (broad SMARTS) is 1. The fourth-order valence-corrected chi connectivity index (χ4v) is 1.38. The largest absolute Gasteiger partial charge is 1.00 e. The molecule has 88 valence electrons. The molecular weight excluding hydrogens is 287 g/mol. The van der Waals surface area contributed by atoms with Crippen molar-refractivity contribution >= 4 is 21.9 Å². The molecule has 2 nitrogen and oxygen atoms in total. The number of hydrogen-bond acceptors (Lipinski definition) is 1. The van der Waals surface area contributed by atoms with Gasteiger partial charge in [-0.25, -0.2) is 0 Å². The zero-order valence-corrected chi connectivity index (χ0v) is 11.7. The first kappa shape index (κ1) is 17.0. The van der Waals surface area contributed by atoms with E-state index in [1.54, 1.807) is 12.1 Å². The molecule has 18 heavy (non-hydrogen) atoms. The molecule has 0 saturated heterocycles. The third kappa shape index (κ3) is 8.13. The fourth-order valence-electron chi connectivity index (χ4n) is 1.12. The van der Waals surface area contributed by atoms with Crippen molar-refractivity contribution in [3.63, 3.8) is 0 Å². The number of hydrogen-bond donors (Lipinski definition) is 1. The second kappa shape index (κ2) is 9.96. The van der Waals surface area contributed by atoms with Crippen molar-refractivity contribution in [1.29, 1.82) is 0 Å². The van der Waals surface area contributed by atoms with Crippen molar-refractivity contribution in [3.8, 4) is 0 Å². The summed E-state index contributed by atoms with van der Waals surface area (Å²) in [6.07, 6.45) is 0.0906. The molecule has 0 aliphatic carbocycles. The maximum absolute atomic E-state index is 10.2. The van der Waals surface area contributed by atoms with Crippen molar-refractivity contribution in [2.45, 2.75) is 6.42 Å². The average Bonchev–Trinajstić information content (AvgIpc) is 2.35. The minimum absolute atomic E-state index is 0. The van der Waals surface area contributed by atoms with Gasteiger partial charge in [0.25, 0.3) is 0 Å². The predicted molar refractivity (Wildman–Crippen MR) is 70.8 cm³/mol. The molecule has 0 fully saturated rings. The van der Waals surface area contributed by atoms with Crippen LogP contribution in [0, 0.1) is 6.07 Å². The average molecular weight is 299 g/mol. The number of carbonyl (C=O) groups is 1. The van der Waals surface area contributed by atoms with E-state index in [9.17, 15) is 4.79 Å². The smallest absolute Gasteiger partial charge is 0.481 e. The van der Waals surface area contributed by atoms with Crippen LogP contribution >= 0.6 is 15.9 Å². The second-order valence-corrected chi connectivity index (χ2v) is 4.19. The van der Waals surface area contributed by atoms with Crippen LogP contribution in [0.3, 0.4) is 0 Å². The monoisotopic (exact) mass is 298 g/mol. The number of benzene rings is 2. The Morgan fingerprint density at radius 2 is 1.67 bits per heavy atom. The Labute approximate surface area is 127 Å². The Kier molecular flexibility index (Phi) is 9.40. The van der Waals surface area contributed by atoms with Gasteiger partial charge in [0.15, 0.2) is 0 Å². The van der Waals surface area contributed by atoms with Gasteiger partial charge in [-0.05, 0) is 17.7 Å². The summed E-state index contributed by atoms with van der Waals surface area (Å²) in [5, 5.41) is 8.42. The molecule has 0 amide bonds. The first-order valence-corrected chi connectivity index (χ1v) is 5.85. The van der Waals surface area contributed by atoms with Crippen LogP contribution < -0.4 is 18.9 Å². The van der Waals surface area contributed by atoms with E-state index < -0.39 is 5.97 Å². The molecule has 0 aromatic heterocycles. The molecule has 2 rings (SSSR count). The minimum Gasteiger partial charge on any atom is -0.481 e. The summed E-state index contributed by atoms with van der Waals surface area (Å²) in [7, 11) is 0. The Hall–Kier alpha value is -1.01. The van der Waals surface area contributed by atoms with Gasteiger partial charge in [0.2, 0.25) is 0 Å². The summed E-state index contributed by atoms with van der Waals surface area (Å²) >= 11 is 3.26. The van der Waals surface area contributed by atoms with E-state index in [1.165, 1.54) is 0 Å². The van der Waals surface area contributed by atoms with Gasteiger partial charge in [0.1, 0.15) is 0 Å². The van der Waals surface area contributed by atoms with Crippen LogP contribution in [0.25, 0.3) is 0 Å². The van der Waals surface area contributed by atoms with E-state index in [2.05, 4.69) is 22.0 Å². The molecular formula is C14H12BrLiO2. The van der Waals surface area contributed by atoms with Crippen LogP contribution in [0.2, 0.25) is 0 Å². The predicted octanol–water partition coefficient (Wildman–Crippen LogP) is 0.567. The Morgan fingerprint density at radius 1 is 1.11 bits per heavy atom. The summed E-state index contributed by atoms with van der Waals surface area (Å²) in [6.45, 7) is 0. The molecule has 1 N–H and O–H groups in total. The fraction of sp³-hybridized carbons (Fsp3) is 0.0714. The molecule has 0 aliphatic heterocycles. The second-order valence-electron chi connectivity index (χ2n) is 3.27. The van der Waals surface area contributed by atoms with Crippen LogP contribution in [-0.4, -0.2) is 11.1 Å². The number of halogens is 1. The van der Waals surface area contributed by atoms with Crippen molar-refractivity contribution in [3.05, 3.63) is 70.7 Å². The van der Waals surface area contributed by atoms with Gasteiger partial charge < -0.3 is 5.11 Å². The summed E-state index contributed by atoms with van der Waals surface area (Å²) in [4.78, 5) is 10.2. The first-order chi connectivity index (χ1) is 8.18. The van der Waals surface area contributed by atoms with Gasteiger partial charge in [0, 0.05) is 4.47 Å². The molecule has 0 spiro atoms. The number of rotatable bonds is 2. The molecule has 0 unspecified atom stereocenters. The molecule has 0 bridgehead atoms. The van der Waals surface area contributed by atoms with Crippen LogP contribution in [0.5, 0.6) is 0 Å². The van der Waals surface area contributed by atoms with Crippen LogP contribution in [0.15, 0.2) is 59.1 Å². The van der Waals surface area contributed by atoms with Gasteiger partial charge in [0.05, 0.1) is 6.42 Å². The van der Waals surface area contributed by atoms with Crippen molar-refractivity contribution in [2.75, 3.05) is 0 Å². The standard InChI is InChI=1S/C8H7BrO2.C6H5.Li/c9-7-3-1-6(2-4-7)5-8(10)11;1-2-4-6-5-3-1;/h1-4H,5H2,(H,10,11);1-5H;/q;-1;+1. The Morgan fingerprint density at radius 3 is 2.00 bits per heavy atom. The third-order valence-corrected chi connectivity index (χ3v) is 2.40. The number of carboxylic acids is 1. The van der Waals surface area contributed by atoms with Crippen LogP contribution in [-0.2, 0) is 11.2 Å². The van der Waals surface area contributed by atoms with Crippen molar-refractivity contribution < 1.29 is 28.8 Å². The summed E-state index contributed by atoms with van der Waals surface area (Å²) in [5.41, 5.74) is 0.820. The minimum atomic E-state index is -0.799. The van der Waals surface area contributed by atoms with E-state index in [1.807, 2.05) is 42.5 Å². The van der Waals surface area contributed by atoms with Crippen molar-refractivity contribution in [1.82, 2.24) is 0 Å². The van der Waals surface area contributed by atoms with Gasteiger partial charge in [-0.15, -0.1) is 0 Å². The quantitative estimate of drug-likeness (QED) is 0.650. The van der Waals surface area contributed by atoms with E-state index in [-0.39, 0.29) is 25.3 Å². The normalized spacial score (nSPS) is 8.50. The van der Waals surface area contributed by atoms with Crippen LogP contribution in [0.1, 0.15) is 5.56 Å².